The van der Waals surface area contributed by atoms with Crippen LogP contribution in [0.1, 0.15) is 11.4 Å². The summed E-state index contributed by atoms with van der Waals surface area (Å²) in [7, 11) is 1.89. The van der Waals surface area contributed by atoms with E-state index in [1.54, 1.807) is 22.8 Å². The Morgan fingerprint density at radius 1 is 1.28 bits per heavy atom. The molecule has 0 radical (unpaired) electrons. The Bertz CT molecular complexity index is 478. The molecule has 0 saturated heterocycles. The molecule has 0 atom stereocenters. The lowest BCUT2D eigenvalue weighted by atomic mass is 10.2. The first kappa shape index (κ1) is 13.1. The average molecular weight is 262 g/mol. The van der Waals surface area contributed by atoms with Gasteiger partial charge < -0.3 is 5.32 Å². The van der Waals surface area contributed by atoms with E-state index < -0.39 is 0 Å². The highest BCUT2D eigenvalue weighted by atomic mass is 32.2. The number of hydrogen-bond donors (Lipinski definition) is 1. The van der Waals surface area contributed by atoms with Crippen molar-refractivity contribution in [2.75, 3.05) is 12.8 Å². The number of rotatable bonds is 6. The Hall–Kier alpha value is -1.33. The SMILES string of the molecule is CSc1ccc(CNCCc2ncn(C)n2)cc1. The van der Waals surface area contributed by atoms with Gasteiger partial charge in [-0.25, -0.2) is 4.98 Å². The summed E-state index contributed by atoms with van der Waals surface area (Å²) in [5.74, 6) is 0.891. The van der Waals surface area contributed by atoms with Crippen LogP contribution in [0.5, 0.6) is 0 Å². The summed E-state index contributed by atoms with van der Waals surface area (Å²) in [6.45, 7) is 1.79. The molecule has 2 aromatic rings. The average Bonchev–Trinajstić information content (AvgIpc) is 2.81. The minimum atomic E-state index is 0.865. The van der Waals surface area contributed by atoms with Crippen LogP contribution in [-0.4, -0.2) is 27.6 Å². The fourth-order valence-electron chi connectivity index (χ4n) is 1.67. The zero-order valence-electron chi connectivity index (χ0n) is 10.8. The van der Waals surface area contributed by atoms with E-state index in [1.807, 2.05) is 7.05 Å². The number of nitrogens with one attached hydrogen (secondary N) is 1. The van der Waals surface area contributed by atoms with Gasteiger partial charge in [0.2, 0.25) is 0 Å². The lowest BCUT2D eigenvalue weighted by molar-refractivity contribution is 0.661. The topological polar surface area (TPSA) is 42.7 Å². The quantitative estimate of drug-likeness (QED) is 0.637. The summed E-state index contributed by atoms with van der Waals surface area (Å²) in [6, 6.07) is 8.64. The van der Waals surface area contributed by atoms with E-state index >= 15 is 0 Å². The van der Waals surface area contributed by atoms with Gasteiger partial charge in [-0.15, -0.1) is 11.8 Å². The molecule has 0 aliphatic rings. The molecule has 0 saturated carbocycles. The third-order valence-corrected chi connectivity index (χ3v) is 3.40. The highest BCUT2D eigenvalue weighted by Gasteiger charge is 1.98. The van der Waals surface area contributed by atoms with E-state index in [0.29, 0.717) is 0 Å². The second-order valence-electron chi connectivity index (χ2n) is 4.11. The normalized spacial score (nSPS) is 10.8. The van der Waals surface area contributed by atoms with E-state index in [0.717, 1.165) is 25.3 Å². The number of thioether (sulfide) groups is 1. The van der Waals surface area contributed by atoms with Crippen molar-refractivity contribution in [1.82, 2.24) is 20.1 Å². The van der Waals surface area contributed by atoms with E-state index in [1.165, 1.54) is 10.5 Å². The van der Waals surface area contributed by atoms with Gasteiger partial charge in [-0.2, -0.15) is 5.10 Å². The fourth-order valence-corrected chi connectivity index (χ4v) is 2.08. The van der Waals surface area contributed by atoms with E-state index in [2.05, 4.69) is 45.9 Å². The molecule has 0 aliphatic carbocycles. The third kappa shape index (κ3) is 3.85. The summed E-state index contributed by atoms with van der Waals surface area (Å²) in [5, 5.41) is 7.64. The van der Waals surface area contributed by atoms with Crippen molar-refractivity contribution in [1.29, 1.82) is 0 Å². The van der Waals surface area contributed by atoms with E-state index in [-0.39, 0.29) is 0 Å². The number of aromatic nitrogens is 3. The van der Waals surface area contributed by atoms with Gasteiger partial charge in [0, 0.05) is 31.5 Å². The number of nitrogens with zero attached hydrogens (tertiary/aromatic N) is 3. The maximum Gasteiger partial charge on any atom is 0.151 e. The van der Waals surface area contributed by atoms with Gasteiger partial charge in [-0.05, 0) is 24.0 Å². The van der Waals surface area contributed by atoms with Gasteiger partial charge in [-0.1, -0.05) is 12.1 Å². The summed E-state index contributed by atoms with van der Waals surface area (Å²) < 4.78 is 1.73. The number of aryl methyl sites for hydroxylation is 1. The molecule has 4 nitrogen and oxygen atoms in total. The smallest absolute Gasteiger partial charge is 0.151 e. The second-order valence-corrected chi connectivity index (χ2v) is 4.99. The van der Waals surface area contributed by atoms with E-state index in [4.69, 9.17) is 0 Å². The van der Waals surface area contributed by atoms with Gasteiger partial charge in [-0.3, -0.25) is 4.68 Å². The lowest BCUT2D eigenvalue weighted by Crippen LogP contribution is -2.17. The van der Waals surface area contributed by atoms with Crippen molar-refractivity contribution in [2.24, 2.45) is 7.05 Å². The Morgan fingerprint density at radius 2 is 2.06 bits per heavy atom. The molecular formula is C13H18N4S. The van der Waals surface area contributed by atoms with Crippen LogP contribution in [0.15, 0.2) is 35.5 Å². The molecule has 2 rings (SSSR count). The molecular weight excluding hydrogens is 244 g/mol. The number of benzene rings is 1. The number of hydrogen-bond acceptors (Lipinski definition) is 4. The van der Waals surface area contributed by atoms with Crippen molar-refractivity contribution < 1.29 is 0 Å². The standard InChI is InChI=1S/C13H18N4S/c1-17-10-15-13(16-17)7-8-14-9-11-3-5-12(18-2)6-4-11/h3-6,10,14H,7-9H2,1-2H3. The monoisotopic (exact) mass is 262 g/mol. The lowest BCUT2D eigenvalue weighted by Gasteiger charge is -2.04. The maximum absolute atomic E-state index is 4.24. The molecule has 0 fully saturated rings. The first-order valence-electron chi connectivity index (χ1n) is 5.96. The molecule has 1 aromatic heterocycles. The minimum absolute atomic E-state index is 0.865. The van der Waals surface area contributed by atoms with Crippen molar-refractivity contribution in [3.8, 4) is 0 Å². The highest BCUT2D eigenvalue weighted by Crippen LogP contribution is 2.14. The van der Waals surface area contributed by atoms with Crippen LogP contribution in [0.2, 0.25) is 0 Å². The van der Waals surface area contributed by atoms with Gasteiger partial charge in [0.15, 0.2) is 5.82 Å². The van der Waals surface area contributed by atoms with Gasteiger partial charge in [0.1, 0.15) is 6.33 Å². The predicted octanol–water partition coefficient (Wildman–Crippen LogP) is 1.87. The van der Waals surface area contributed by atoms with Crippen LogP contribution >= 0.6 is 11.8 Å². The Kier molecular flexibility index (Phi) is 4.78. The fraction of sp³-hybridized carbons (Fsp3) is 0.385. The molecule has 96 valence electrons. The molecule has 0 spiro atoms. The van der Waals surface area contributed by atoms with Crippen LogP contribution in [-0.2, 0) is 20.0 Å². The Labute approximate surface area is 112 Å². The zero-order valence-corrected chi connectivity index (χ0v) is 11.6. The molecule has 0 aliphatic heterocycles. The van der Waals surface area contributed by atoms with Crippen LogP contribution in [0.3, 0.4) is 0 Å². The van der Waals surface area contributed by atoms with Crippen molar-refractivity contribution in [3.05, 3.63) is 42.0 Å². The van der Waals surface area contributed by atoms with Crippen LogP contribution in [0.4, 0.5) is 0 Å². The minimum Gasteiger partial charge on any atom is -0.312 e. The maximum atomic E-state index is 4.24. The highest BCUT2D eigenvalue weighted by molar-refractivity contribution is 7.98. The first-order chi connectivity index (χ1) is 8.78. The third-order valence-electron chi connectivity index (χ3n) is 2.66. The summed E-state index contributed by atoms with van der Waals surface area (Å²) in [5.41, 5.74) is 1.31. The van der Waals surface area contributed by atoms with Crippen molar-refractivity contribution >= 4 is 11.8 Å². The van der Waals surface area contributed by atoms with Crippen LogP contribution in [0, 0.1) is 0 Å². The first-order valence-corrected chi connectivity index (χ1v) is 7.18. The largest absolute Gasteiger partial charge is 0.312 e. The molecule has 0 bridgehead atoms. The Balaban J connectivity index is 1.71. The molecule has 1 heterocycles. The zero-order chi connectivity index (χ0) is 12.8. The summed E-state index contributed by atoms with van der Waals surface area (Å²) in [4.78, 5) is 5.49. The second kappa shape index (κ2) is 6.56. The van der Waals surface area contributed by atoms with Crippen LogP contribution in [0.25, 0.3) is 0 Å². The van der Waals surface area contributed by atoms with Crippen molar-refractivity contribution in [2.45, 2.75) is 17.9 Å². The van der Waals surface area contributed by atoms with E-state index in [9.17, 15) is 0 Å². The Morgan fingerprint density at radius 3 is 2.67 bits per heavy atom. The molecule has 0 unspecified atom stereocenters. The predicted molar refractivity (Wildman–Crippen MR) is 74.6 cm³/mol. The summed E-state index contributed by atoms with van der Waals surface area (Å²) >= 11 is 1.77. The van der Waals surface area contributed by atoms with Crippen molar-refractivity contribution in [3.63, 3.8) is 0 Å². The molecule has 5 heteroatoms. The van der Waals surface area contributed by atoms with Crippen LogP contribution < -0.4 is 5.32 Å². The molecule has 1 N–H and O–H groups in total. The molecule has 1 aromatic carbocycles. The molecule has 18 heavy (non-hydrogen) atoms. The van der Waals surface area contributed by atoms with Gasteiger partial charge >= 0.3 is 0 Å². The van der Waals surface area contributed by atoms with Gasteiger partial charge in [0.25, 0.3) is 0 Å². The summed E-state index contributed by atoms with van der Waals surface area (Å²) in [6.07, 6.45) is 4.69. The van der Waals surface area contributed by atoms with Gasteiger partial charge in [0.05, 0.1) is 0 Å². The molecule has 0 amide bonds.